The number of rotatable bonds is 12. The molecule has 0 radical (unpaired) electrons. The summed E-state index contributed by atoms with van der Waals surface area (Å²) in [4.78, 5) is 69.3. The van der Waals surface area contributed by atoms with Gasteiger partial charge in [-0.3, -0.25) is 28.8 Å². The van der Waals surface area contributed by atoms with E-state index < -0.39 is 60.2 Å². The Hall–Kier alpha value is -3.75. The van der Waals surface area contributed by atoms with E-state index in [-0.39, 0.29) is 32.1 Å². The Kier molecular flexibility index (Phi) is 16.7. The molecule has 15 nitrogen and oxygen atoms in total. The highest BCUT2D eigenvalue weighted by atomic mass is 16.4. The van der Waals surface area contributed by atoms with Gasteiger partial charge in [-0.25, -0.2) is 4.79 Å². The monoisotopic (exact) mass is 442 g/mol. The Morgan fingerprint density at radius 2 is 0.733 bits per heavy atom. The summed E-state index contributed by atoms with van der Waals surface area (Å²) in [5.74, 6) is -9.07. The normalized spacial score (nSPS) is 9.63. The summed E-state index contributed by atoms with van der Waals surface area (Å²) in [7, 11) is 0. The summed E-state index contributed by atoms with van der Waals surface area (Å²) in [6.07, 6.45) is -2.79. The van der Waals surface area contributed by atoms with Crippen molar-refractivity contribution in [3.8, 4) is 0 Å². The van der Waals surface area contributed by atoms with Crippen LogP contribution in [0.4, 0.5) is 0 Å². The van der Waals surface area contributed by atoms with E-state index in [1.807, 2.05) is 0 Å². The number of carbonyl (C=O) groups is 7. The van der Waals surface area contributed by atoms with Crippen LogP contribution in [0, 0.1) is 0 Å². The molecule has 172 valence electrons. The molecule has 15 heteroatoms. The third-order valence-electron chi connectivity index (χ3n) is 2.62. The molecule has 0 aromatic rings. The second-order valence-electron chi connectivity index (χ2n) is 5.41. The van der Waals surface area contributed by atoms with Gasteiger partial charge in [0.2, 0.25) is 0 Å². The van der Waals surface area contributed by atoms with E-state index in [0.717, 1.165) is 0 Å². The number of hydrogen-bond donors (Lipinski definition) is 8. The van der Waals surface area contributed by atoms with E-state index in [4.69, 9.17) is 40.9 Å². The Bertz CT molecular complexity index is 592. The highest BCUT2D eigenvalue weighted by Crippen LogP contribution is 2.15. The van der Waals surface area contributed by atoms with Crippen LogP contribution in [-0.4, -0.2) is 88.2 Å². The molecule has 0 bridgehead atoms. The molecule has 0 spiro atoms. The van der Waals surface area contributed by atoms with Crippen LogP contribution < -0.4 is 0 Å². The van der Waals surface area contributed by atoms with E-state index in [1.54, 1.807) is 0 Å². The lowest BCUT2D eigenvalue weighted by atomic mass is 9.96. The van der Waals surface area contributed by atoms with Crippen LogP contribution in [0.15, 0.2) is 0 Å². The molecule has 0 aliphatic carbocycles. The Morgan fingerprint density at radius 1 is 0.467 bits per heavy atom. The van der Waals surface area contributed by atoms with Gasteiger partial charge >= 0.3 is 41.8 Å². The molecule has 0 aromatic carbocycles. The van der Waals surface area contributed by atoms with Crippen molar-refractivity contribution in [3.63, 3.8) is 0 Å². The highest BCUT2D eigenvalue weighted by molar-refractivity contribution is 5.88. The zero-order chi connectivity index (χ0) is 24.5. The second kappa shape index (κ2) is 16.2. The van der Waals surface area contributed by atoms with Gasteiger partial charge in [0.15, 0.2) is 5.60 Å². The van der Waals surface area contributed by atoms with Gasteiger partial charge in [-0.2, -0.15) is 0 Å². The first kappa shape index (κ1) is 31.0. The molecule has 0 saturated heterocycles. The predicted molar refractivity (Wildman–Crippen MR) is 90.7 cm³/mol. The lowest BCUT2D eigenvalue weighted by Crippen LogP contribution is -2.42. The van der Waals surface area contributed by atoms with Crippen LogP contribution in [-0.2, 0) is 33.6 Å². The number of carboxylic acids is 7. The van der Waals surface area contributed by atoms with Gasteiger partial charge < -0.3 is 40.9 Å². The van der Waals surface area contributed by atoms with Crippen molar-refractivity contribution in [3.05, 3.63) is 0 Å². The smallest absolute Gasteiger partial charge is 0.336 e. The highest BCUT2D eigenvalue weighted by Gasteiger charge is 2.40. The summed E-state index contributed by atoms with van der Waals surface area (Å²) in [6.45, 7) is 0. The van der Waals surface area contributed by atoms with Gasteiger partial charge in [-0.1, -0.05) is 0 Å². The lowest BCUT2D eigenvalue weighted by Gasteiger charge is -2.18. The van der Waals surface area contributed by atoms with Crippen LogP contribution in [0.1, 0.15) is 44.9 Å². The maximum Gasteiger partial charge on any atom is 0.336 e. The Labute approximate surface area is 167 Å². The zero-order valence-electron chi connectivity index (χ0n) is 15.4. The standard InChI is InChI=1S/C6H8O7.C5H8O4.C4H6O4/c7-3(8)1-6(13,5(11)12)2-4(9)10;6-4(7)2-1-3-5(8)9;5-3(6)1-2-4(7)8/h13H,1-2H2,(H,7,8)(H,9,10)(H,11,12);1-3H2,(H,6,7)(H,8,9);1-2H2,(H,5,6)(H,7,8). The molecule has 0 heterocycles. The minimum Gasteiger partial charge on any atom is -0.481 e. The van der Waals surface area contributed by atoms with Crippen molar-refractivity contribution in [2.75, 3.05) is 0 Å². The number of hydrogen-bond acceptors (Lipinski definition) is 8. The maximum atomic E-state index is 10.3. The molecule has 0 rings (SSSR count). The SMILES string of the molecule is O=C(O)CC(O)(CC(=O)O)C(=O)O.O=C(O)CCC(=O)O.O=C(O)CCCC(=O)O. The molecule has 0 saturated carbocycles. The fraction of sp³-hybridized carbons (Fsp3) is 0.533. The molecule has 0 unspecified atom stereocenters. The minimum absolute atomic E-state index is 0.0632. The third-order valence-corrected chi connectivity index (χ3v) is 2.62. The van der Waals surface area contributed by atoms with E-state index >= 15 is 0 Å². The largest absolute Gasteiger partial charge is 0.481 e. The molecule has 0 aliphatic heterocycles. The minimum atomic E-state index is -2.74. The van der Waals surface area contributed by atoms with Crippen LogP contribution in [0.3, 0.4) is 0 Å². The van der Waals surface area contributed by atoms with Gasteiger partial charge in [0, 0.05) is 12.8 Å². The lowest BCUT2D eigenvalue weighted by molar-refractivity contribution is -0.170. The van der Waals surface area contributed by atoms with Gasteiger partial charge in [0.1, 0.15) is 0 Å². The third kappa shape index (κ3) is 24.2. The molecule has 0 fully saturated rings. The average molecular weight is 442 g/mol. The van der Waals surface area contributed by atoms with Crippen molar-refractivity contribution in [1.29, 1.82) is 0 Å². The first-order valence-electron chi connectivity index (χ1n) is 7.80. The van der Waals surface area contributed by atoms with Gasteiger partial charge in [0.05, 0.1) is 25.7 Å². The van der Waals surface area contributed by atoms with Crippen LogP contribution in [0.2, 0.25) is 0 Å². The molecular weight excluding hydrogens is 420 g/mol. The summed E-state index contributed by atoms with van der Waals surface area (Å²) >= 11 is 0. The Balaban J connectivity index is -0.000000379. The van der Waals surface area contributed by atoms with Crippen LogP contribution >= 0.6 is 0 Å². The molecular formula is C15H22O15. The zero-order valence-corrected chi connectivity index (χ0v) is 15.4. The Morgan fingerprint density at radius 3 is 0.900 bits per heavy atom. The van der Waals surface area contributed by atoms with Gasteiger partial charge in [0.25, 0.3) is 0 Å². The van der Waals surface area contributed by atoms with E-state index in [9.17, 15) is 33.6 Å². The molecule has 0 atom stereocenters. The van der Waals surface area contributed by atoms with Gasteiger partial charge in [-0.05, 0) is 6.42 Å². The maximum absolute atomic E-state index is 10.3. The second-order valence-corrected chi connectivity index (χ2v) is 5.41. The summed E-state index contributed by atoms with van der Waals surface area (Å²) in [6, 6.07) is 0. The van der Waals surface area contributed by atoms with Crippen molar-refractivity contribution >= 4 is 41.8 Å². The predicted octanol–water partition coefficient (Wildman–Crippen LogP) is -0.987. The molecule has 0 amide bonds. The fourth-order valence-corrected chi connectivity index (χ4v) is 1.32. The van der Waals surface area contributed by atoms with Crippen molar-refractivity contribution < 1.29 is 74.4 Å². The van der Waals surface area contributed by atoms with Crippen molar-refractivity contribution in [1.82, 2.24) is 0 Å². The molecule has 8 N–H and O–H groups in total. The topological polar surface area (TPSA) is 281 Å². The number of aliphatic hydroxyl groups is 1. The van der Waals surface area contributed by atoms with Crippen LogP contribution in [0.25, 0.3) is 0 Å². The molecule has 0 aliphatic rings. The average Bonchev–Trinajstić information content (AvgIpc) is 2.51. The number of carboxylic acid groups (broad SMARTS) is 7. The summed E-state index contributed by atoms with van der Waals surface area (Å²) in [5, 5.41) is 65.7. The van der Waals surface area contributed by atoms with E-state index in [0.29, 0.717) is 0 Å². The fourth-order valence-electron chi connectivity index (χ4n) is 1.32. The molecule has 0 aromatic heterocycles. The summed E-state index contributed by atoms with van der Waals surface area (Å²) in [5.41, 5.74) is -2.74. The van der Waals surface area contributed by atoms with Crippen molar-refractivity contribution in [2.45, 2.75) is 50.5 Å². The number of aliphatic carboxylic acids is 7. The molecule has 30 heavy (non-hydrogen) atoms. The van der Waals surface area contributed by atoms with E-state index in [2.05, 4.69) is 0 Å². The van der Waals surface area contributed by atoms with E-state index in [1.165, 1.54) is 0 Å². The van der Waals surface area contributed by atoms with Crippen molar-refractivity contribution in [2.24, 2.45) is 0 Å². The quantitative estimate of drug-likeness (QED) is 0.180. The van der Waals surface area contributed by atoms with Crippen LogP contribution in [0.5, 0.6) is 0 Å². The first-order chi connectivity index (χ1) is 13.5. The first-order valence-corrected chi connectivity index (χ1v) is 7.80. The van der Waals surface area contributed by atoms with Gasteiger partial charge in [-0.15, -0.1) is 0 Å². The summed E-state index contributed by atoms with van der Waals surface area (Å²) < 4.78 is 0.